The number of nitrogens with one attached hydrogen (secondary N) is 2. The maximum absolute atomic E-state index is 11.6. The molecule has 23 heavy (non-hydrogen) atoms. The summed E-state index contributed by atoms with van der Waals surface area (Å²) in [5, 5.41) is 16.6. The van der Waals surface area contributed by atoms with E-state index in [9.17, 15) is 23.3 Å². The first-order valence-electron chi connectivity index (χ1n) is 7.17. The van der Waals surface area contributed by atoms with Crippen molar-refractivity contribution in [1.29, 1.82) is 0 Å². The fourth-order valence-electron chi connectivity index (χ4n) is 1.79. The lowest BCUT2D eigenvalue weighted by Gasteiger charge is -2.11. The van der Waals surface area contributed by atoms with Crippen LogP contribution in [0.3, 0.4) is 0 Å². The van der Waals surface area contributed by atoms with Gasteiger partial charge in [-0.2, -0.15) is 0 Å². The second kappa shape index (κ2) is 7.91. The summed E-state index contributed by atoms with van der Waals surface area (Å²) in [5.74, 6) is -0.158. The number of carbonyl (C=O) groups excluding carboxylic acids is 1. The largest absolute Gasteiger partial charge is 0.378 e. The zero-order chi connectivity index (χ0) is 17.6. The molecule has 8 nitrogen and oxygen atoms in total. The van der Waals surface area contributed by atoms with Crippen molar-refractivity contribution in [3.63, 3.8) is 0 Å². The number of sulfone groups is 1. The molecule has 0 spiro atoms. The average Bonchev–Trinajstić information content (AvgIpc) is 2.49. The van der Waals surface area contributed by atoms with Crippen LogP contribution in [-0.2, 0) is 14.6 Å². The maximum Gasteiger partial charge on any atom is 0.293 e. The maximum atomic E-state index is 11.6. The Labute approximate surface area is 135 Å². The van der Waals surface area contributed by atoms with Gasteiger partial charge in [0.2, 0.25) is 5.91 Å². The number of rotatable bonds is 8. The highest BCUT2D eigenvalue weighted by Gasteiger charge is 2.18. The van der Waals surface area contributed by atoms with Crippen LogP contribution in [0.15, 0.2) is 23.1 Å². The Bertz CT molecular complexity index is 688. The second-order valence-corrected chi connectivity index (χ2v) is 7.25. The minimum Gasteiger partial charge on any atom is -0.378 e. The Kier molecular flexibility index (Phi) is 6.49. The molecule has 1 rings (SSSR count). The highest BCUT2D eigenvalue weighted by molar-refractivity contribution is 7.90. The van der Waals surface area contributed by atoms with Crippen LogP contribution in [0.25, 0.3) is 0 Å². The number of nitrogens with zero attached hydrogens (tertiary/aromatic N) is 1. The van der Waals surface area contributed by atoms with Crippen molar-refractivity contribution in [3.05, 3.63) is 28.3 Å². The van der Waals surface area contributed by atoms with Crippen molar-refractivity contribution < 1.29 is 18.1 Å². The van der Waals surface area contributed by atoms with E-state index in [1.54, 1.807) is 0 Å². The van der Waals surface area contributed by atoms with Crippen molar-refractivity contribution in [2.45, 2.75) is 25.2 Å². The third-order valence-corrected chi connectivity index (χ3v) is 4.50. The highest BCUT2D eigenvalue weighted by Crippen LogP contribution is 2.27. The smallest absolute Gasteiger partial charge is 0.293 e. The van der Waals surface area contributed by atoms with Crippen molar-refractivity contribution in [2.24, 2.45) is 5.92 Å². The number of carbonyl (C=O) groups is 1. The normalized spacial score (nSPS) is 12.5. The molecule has 1 aromatic rings. The van der Waals surface area contributed by atoms with Crippen molar-refractivity contribution >= 4 is 27.1 Å². The number of amides is 1. The third kappa shape index (κ3) is 5.51. The molecule has 0 saturated heterocycles. The van der Waals surface area contributed by atoms with Gasteiger partial charge in [0.15, 0.2) is 9.84 Å². The average molecular weight is 343 g/mol. The Morgan fingerprint density at radius 3 is 2.52 bits per heavy atom. The van der Waals surface area contributed by atoms with E-state index in [1.807, 2.05) is 13.8 Å². The molecular formula is C14H21N3O5S. The summed E-state index contributed by atoms with van der Waals surface area (Å²) < 4.78 is 22.9. The predicted molar refractivity (Wildman–Crippen MR) is 87.2 cm³/mol. The fourth-order valence-corrected chi connectivity index (χ4v) is 2.43. The number of anilines is 1. The van der Waals surface area contributed by atoms with E-state index < -0.39 is 14.8 Å². The Balaban J connectivity index is 2.74. The quantitative estimate of drug-likeness (QED) is 0.420. The number of nitro groups is 1. The fraction of sp³-hybridized carbons (Fsp3) is 0.500. The molecule has 9 heteroatoms. The second-order valence-electron chi connectivity index (χ2n) is 5.24. The summed E-state index contributed by atoms with van der Waals surface area (Å²) in [7, 11) is -3.51. The zero-order valence-electron chi connectivity index (χ0n) is 13.3. The first-order chi connectivity index (χ1) is 10.7. The summed E-state index contributed by atoms with van der Waals surface area (Å²) >= 11 is 0. The molecule has 0 radical (unpaired) electrons. The summed E-state index contributed by atoms with van der Waals surface area (Å²) in [6.07, 6.45) is 1.72. The first kappa shape index (κ1) is 18.9. The van der Waals surface area contributed by atoms with Gasteiger partial charge >= 0.3 is 0 Å². The number of hydrogen-bond acceptors (Lipinski definition) is 6. The van der Waals surface area contributed by atoms with Gasteiger partial charge in [-0.25, -0.2) is 8.42 Å². The van der Waals surface area contributed by atoms with Crippen molar-refractivity contribution in [3.8, 4) is 0 Å². The van der Waals surface area contributed by atoms with Crippen LogP contribution >= 0.6 is 0 Å². The zero-order valence-corrected chi connectivity index (χ0v) is 14.1. The van der Waals surface area contributed by atoms with Crippen LogP contribution < -0.4 is 10.6 Å². The van der Waals surface area contributed by atoms with Crippen molar-refractivity contribution in [1.82, 2.24) is 5.32 Å². The van der Waals surface area contributed by atoms with Gasteiger partial charge in [0.25, 0.3) is 5.69 Å². The van der Waals surface area contributed by atoms with E-state index in [2.05, 4.69) is 10.6 Å². The van der Waals surface area contributed by atoms with Gasteiger partial charge < -0.3 is 10.6 Å². The lowest BCUT2D eigenvalue weighted by atomic mass is 10.1. The minimum absolute atomic E-state index is 0.0729. The van der Waals surface area contributed by atoms with Crippen LogP contribution in [-0.4, -0.2) is 38.6 Å². The topological polar surface area (TPSA) is 118 Å². The molecule has 0 heterocycles. The molecule has 2 N–H and O–H groups in total. The van der Waals surface area contributed by atoms with Crippen LogP contribution in [0.5, 0.6) is 0 Å². The van der Waals surface area contributed by atoms with Crippen molar-refractivity contribution in [2.75, 3.05) is 24.7 Å². The van der Waals surface area contributed by atoms with Gasteiger partial charge in [-0.1, -0.05) is 13.8 Å². The Morgan fingerprint density at radius 2 is 2.00 bits per heavy atom. The summed E-state index contributed by atoms with van der Waals surface area (Å²) in [5.41, 5.74) is -0.110. The molecule has 1 aromatic carbocycles. The SMILES string of the molecule is CC[C@H](C)C(=O)NCCNc1ccc(S(C)(=O)=O)cc1[N+](=O)[O-]. The van der Waals surface area contributed by atoms with Gasteiger partial charge in [0, 0.05) is 31.3 Å². The van der Waals surface area contributed by atoms with Gasteiger partial charge in [-0.05, 0) is 18.6 Å². The van der Waals surface area contributed by atoms with Crippen LogP contribution in [0, 0.1) is 16.0 Å². The minimum atomic E-state index is -3.51. The van der Waals surface area contributed by atoms with E-state index in [4.69, 9.17) is 0 Å². The standard InChI is InChI=1S/C14H21N3O5S/c1-4-10(2)14(18)16-8-7-15-12-6-5-11(23(3,21)22)9-13(12)17(19)20/h5-6,9-10,15H,4,7-8H2,1-3H3,(H,16,18)/t10-/m0/s1. The predicted octanol–water partition coefficient (Wildman–Crippen LogP) is 1.57. The first-order valence-corrected chi connectivity index (χ1v) is 9.06. The molecule has 0 aliphatic rings. The molecule has 0 unspecified atom stereocenters. The summed E-state index contributed by atoms with van der Waals surface area (Å²) in [4.78, 5) is 21.9. The highest BCUT2D eigenvalue weighted by atomic mass is 32.2. The Hall–Kier alpha value is -2.16. The number of benzene rings is 1. The van der Waals surface area contributed by atoms with E-state index in [-0.39, 0.29) is 28.1 Å². The molecule has 0 aromatic heterocycles. The molecule has 1 atom stereocenters. The van der Waals surface area contributed by atoms with E-state index in [0.29, 0.717) is 13.1 Å². The van der Waals surface area contributed by atoms with Gasteiger partial charge in [0.1, 0.15) is 5.69 Å². The molecule has 0 fully saturated rings. The molecule has 0 aliphatic heterocycles. The van der Waals surface area contributed by atoms with E-state index in [0.717, 1.165) is 18.7 Å². The monoisotopic (exact) mass is 343 g/mol. The molecule has 1 amide bonds. The van der Waals surface area contributed by atoms with E-state index in [1.165, 1.54) is 12.1 Å². The summed E-state index contributed by atoms with van der Waals surface area (Å²) in [6.45, 7) is 4.34. The molecule has 0 saturated carbocycles. The van der Waals surface area contributed by atoms with Gasteiger partial charge in [0.05, 0.1) is 9.82 Å². The summed E-state index contributed by atoms with van der Waals surface area (Å²) in [6, 6.07) is 3.68. The molecule has 0 bridgehead atoms. The third-order valence-electron chi connectivity index (χ3n) is 3.39. The van der Waals surface area contributed by atoms with Crippen LogP contribution in [0.4, 0.5) is 11.4 Å². The van der Waals surface area contributed by atoms with Crippen LogP contribution in [0.1, 0.15) is 20.3 Å². The van der Waals surface area contributed by atoms with Crippen LogP contribution in [0.2, 0.25) is 0 Å². The molecule has 0 aliphatic carbocycles. The van der Waals surface area contributed by atoms with Gasteiger partial charge in [-0.15, -0.1) is 0 Å². The Morgan fingerprint density at radius 1 is 1.35 bits per heavy atom. The number of nitro benzene ring substituents is 1. The van der Waals surface area contributed by atoms with E-state index >= 15 is 0 Å². The lowest BCUT2D eigenvalue weighted by molar-refractivity contribution is -0.384. The lowest BCUT2D eigenvalue weighted by Crippen LogP contribution is -2.32. The number of hydrogen-bond donors (Lipinski definition) is 2. The molecular weight excluding hydrogens is 322 g/mol. The van der Waals surface area contributed by atoms with Gasteiger partial charge in [-0.3, -0.25) is 14.9 Å². The molecule has 128 valence electrons.